The second kappa shape index (κ2) is 24.5. The van der Waals surface area contributed by atoms with Crippen LogP contribution in [-0.2, 0) is 19.2 Å². The van der Waals surface area contributed by atoms with Crippen molar-refractivity contribution in [2.24, 2.45) is 5.41 Å². The maximum Gasteiger partial charge on any atom is 0.327 e. The van der Waals surface area contributed by atoms with Gasteiger partial charge in [0.05, 0.1) is 48.6 Å². The zero-order chi connectivity index (χ0) is 53.3. The zero-order valence-electron chi connectivity index (χ0n) is 42.9. The molecule has 74 heavy (non-hydrogen) atoms. The lowest BCUT2D eigenvalue weighted by molar-refractivity contribution is -0.144. The molecule has 2 aliphatic heterocycles. The first-order valence-corrected chi connectivity index (χ1v) is 26.0. The molecular formula is C52H64Cl2N12O7S. The third-order valence-corrected chi connectivity index (χ3v) is 14.8. The number of rotatable bonds is 18. The van der Waals surface area contributed by atoms with E-state index < -0.39 is 23.5 Å². The lowest BCUT2D eigenvalue weighted by Gasteiger charge is -2.36. The molecule has 394 valence electrons. The van der Waals surface area contributed by atoms with E-state index in [1.54, 1.807) is 29.4 Å². The molecule has 4 heterocycles. The van der Waals surface area contributed by atoms with Gasteiger partial charge in [-0.1, -0.05) is 68.2 Å². The number of ether oxygens (including phenoxy) is 2. The highest BCUT2D eigenvalue weighted by molar-refractivity contribution is 7.13. The number of piperazine rings is 1. The molecule has 0 unspecified atom stereocenters. The summed E-state index contributed by atoms with van der Waals surface area (Å²) in [6, 6.07) is 16.7. The van der Waals surface area contributed by atoms with Gasteiger partial charge in [-0.25, -0.2) is 19.7 Å². The van der Waals surface area contributed by atoms with Crippen LogP contribution >= 0.6 is 34.5 Å². The number of methoxy groups -OCH3 is 2. The fourth-order valence-electron chi connectivity index (χ4n) is 8.78. The molecule has 3 atom stereocenters. The maximum absolute atomic E-state index is 14.1. The summed E-state index contributed by atoms with van der Waals surface area (Å²) in [7, 11) is 4.43. The molecule has 0 saturated carbocycles. The molecule has 7 rings (SSSR count). The number of carbonyl (C=O) groups excluding carboxylic acids is 5. The summed E-state index contributed by atoms with van der Waals surface area (Å²) in [5.74, 6) is 0.231. The molecule has 5 N–H and O–H groups in total. The van der Waals surface area contributed by atoms with Crippen molar-refractivity contribution in [3.8, 4) is 21.9 Å². The van der Waals surface area contributed by atoms with E-state index in [1.807, 2.05) is 88.7 Å². The Bertz CT molecular complexity index is 2780. The normalized spacial score (nSPS) is 15.7. The molecule has 5 aromatic rings. The largest absolute Gasteiger partial charge is 0.495 e. The standard InChI is InChI=1S/C52H64Cl2N12O7S/c1-31(33-11-13-34(14-12-33)47-32(2)58-30-74-47)59-49(69)37-10-9-21-66(37)50(70)48(52(3,4)5)61-42(67)19-20-55-43(68)28-64-22-24-65(25-23-64)36-17-15-35(16-18-36)60-40-27-41(57-29-56-40)63(6)51(71)62-46-44(53)38(72-7)26-39(73-8)45(46)54/h11-18,26-27,29-31,37,48H,9-10,19-25,28H2,1-8H3,(H,55,68)(H,59,69)(H,61,67)(H,62,71)(H,56,57,60)/t31-,37-,48+/m0/s1. The third kappa shape index (κ3) is 13.5. The van der Waals surface area contributed by atoms with Gasteiger partial charge in [-0.3, -0.25) is 29.0 Å². The van der Waals surface area contributed by atoms with Crippen LogP contribution in [0, 0.1) is 12.3 Å². The predicted octanol–water partition coefficient (Wildman–Crippen LogP) is 7.67. The van der Waals surface area contributed by atoms with Gasteiger partial charge in [0.15, 0.2) is 0 Å². The minimum absolute atomic E-state index is 0.00749. The summed E-state index contributed by atoms with van der Waals surface area (Å²) in [4.78, 5) is 88.6. The fraction of sp³-hybridized carbons (Fsp3) is 0.423. The van der Waals surface area contributed by atoms with E-state index in [4.69, 9.17) is 32.7 Å². The Morgan fingerprint density at radius 2 is 1.54 bits per heavy atom. The van der Waals surface area contributed by atoms with E-state index in [2.05, 4.69) is 51.3 Å². The molecule has 3 aromatic carbocycles. The van der Waals surface area contributed by atoms with E-state index in [9.17, 15) is 24.0 Å². The molecule has 0 bridgehead atoms. The van der Waals surface area contributed by atoms with Crippen LogP contribution < -0.4 is 45.9 Å². The summed E-state index contributed by atoms with van der Waals surface area (Å²) < 4.78 is 10.6. The number of nitrogens with one attached hydrogen (secondary N) is 5. The molecular weight excluding hydrogens is 1010 g/mol. The number of hydrogen-bond donors (Lipinski definition) is 5. The van der Waals surface area contributed by atoms with Gasteiger partial charge in [0.25, 0.3) is 0 Å². The van der Waals surface area contributed by atoms with Crippen LogP contribution in [0.1, 0.15) is 64.3 Å². The molecule has 2 aliphatic rings. The number of aryl methyl sites for hydroxylation is 1. The van der Waals surface area contributed by atoms with Crippen molar-refractivity contribution in [3.05, 3.63) is 93.8 Å². The Balaban J connectivity index is 0.826. The smallest absolute Gasteiger partial charge is 0.327 e. The maximum atomic E-state index is 14.1. The highest BCUT2D eigenvalue weighted by atomic mass is 35.5. The van der Waals surface area contributed by atoms with Crippen molar-refractivity contribution in [2.75, 3.05) is 87.5 Å². The Labute approximate surface area is 445 Å². The van der Waals surface area contributed by atoms with E-state index >= 15 is 0 Å². The average molecular weight is 1070 g/mol. The van der Waals surface area contributed by atoms with Crippen LogP contribution in [0.2, 0.25) is 10.0 Å². The van der Waals surface area contributed by atoms with Gasteiger partial charge in [-0.15, -0.1) is 11.3 Å². The first kappa shape index (κ1) is 55.0. The lowest BCUT2D eigenvalue weighted by atomic mass is 9.85. The summed E-state index contributed by atoms with van der Waals surface area (Å²) in [6.45, 7) is 13.0. The number of halogens is 2. The number of amides is 6. The van der Waals surface area contributed by atoms with Gasteiger partial charge in [-0.05, 0) is 67.5 Å². The number of benzene rings is 3. The molecule has 19 nitrogen and oxygen atoms in total. The Morgan fingerprint density at radius 1 is 0.865 bits per heavy atom. The molecule has 2 saturated heterocycles. The summed E-state index contributed by atoms with van der Waals surface area (Å²) >= 11 is 14.5. The first-order chi connectivity index (χ1) is 35.3. The summed E-state index contributed by atoms with van der Waals surface area (Å²) in [6.07, 6.45) is 2.54. The topological polar surface area (TPSA) is 216 Å². The highest BCUT2D eigenvalue weighted by Crippen LogP contribution is 2.44. The van der Waals surface area contributed by atoms with Gasteiger partial charge in [-0.2, -0.15) is 0 Å². The van der Waals surface area contributed by atoms with Gasteiger partial charge in [0.1, 0.15) is 51.6 Å². The number of nitrogens with zero attached hydrogens (tertiary/aromatic N) is 7. The average Bonchev–Trinajstić information content (AvgIpc) is 4.06. The van der Waals surface area contributed by atoms with E-state index in [0.717, 1.165) is 33.1 Å². The molecule has 2 aromatic heterocycles. The summed E-state index contributed by atoms with van der Waals surface area (Å²) in [5, 5.41) is 15.1. The zero-order valence-corrected chi connectivity index (χ0v) is 45.2. The Morgan fingerprint density at radius 3 is 2.16 bits per heavy atom. The quantitative estimate of drug-likeness (QED) is 0.0570. The van der Waals surface area contributed by atoms with Crippen LogP contribution in [0.4, 0.5) is 33.5 Å². The SMILES string of the molecule is COc1cc(OC)c(Cl)c(NC(=O)N(C)c2cc(Nc3ccc(N4CCN(CC(=O)NCCC(=O)N[C@H](C(=O)N5CCC[C@H]5C(=O)N[C@@H](C)c5ccc(-c6scnc6C)cc5)C(C)(C)C)CC4)cc3)ncn2)c1Cl. The number of thiazole rings is 1. The number of hydrogen-bond acceptors (Lipinski definition) is 14. The van der Waals surface area contributed by atoms with Crippen LogP contribution in [0.5, 0.6) is 11.5 Å². The second-order valence-corrected chi connectivity index (χ2v) is 20.9. The molecule has 0 aliphatic carbocycles. The van der Waals surface area contributed by atoms with E-state index in [-0.39, 0.29) is 76.4 Å². The first-order valence-electron chi connectivity index (χ1n) is 24.3. The van der Waals surface area contributed by atoms with Crippen molar-refractivity contribution < 1.29 is 33.4 Å². The van der Waals surface area contributed by atoms with Gasteiger partial charge < -0.3 is 45.9 Å². The van der Waals surface area contributed by atoms with Gasteiger partial charge in [0, 0.05) is 76.2 Å². The fourth-order valence-corrected chi connectivity index (χ4v) is 10.2. The minimum Gasteiger partial charge on any atom is -0.495 e. The summed E-state index contributed by atoms with van der Waals surface area (Å²) in [5.41, 5.74) is 6.09. The van der Waals surface area contributed by atoms with Crippen molar-refractivity contribution in [1.29, 1.82) is 0 Å². The predicted molar refractivity (Wildman–Crippen MR) is 290 cm³/mol. The highest BCUT2D eigenvalue weighted by Gasteiger charge is 2.42. The van der Waals surface area contributed by atoms with E-state index in [0.29, 0.717) is 57.2 Å². The number of anilines is 5. The van der Waals surface area contributed by atoms with Crippen LogP contribution in [0.3, 0.4) is 0 Å². The van der Waals surface area contributed by atoms with Crippen LogP contribution in [0.15, 0.2) is 72.5 Å². The lowest BCUT2D eigenvalue weighted by Crippen LogP contribution is -2.58. The number of carbonyl (C=O) groups is 5. The van der Waals surface area contributed by atoms with Crippen molar-refractivity contribution in [2.45, 2.75) is 72.0 Å². The van der Waals surface area contributed by atoms with E-state index in [1.165, 1.54) is 31.5 Å². The Hall–Kier alpha value is -6.74. The van der Waals surface area contributed by atoms with Crippen LogP contribution in [0.25, 0.3) is 10.4 Å². The van der Waals surface area contributed by atoms with Gasteiger partial charge in [0.2, 0.25) is 23.6 Å². The monoisotopic (exact) mass is 1070 g/mol. The van der Waals surface area contributed by atoms with Crippen molar-refractivity contribution >= 4 is 92.9 Å². The Kier molecular flexibility index (Phi) is 18.2. The third-order valence-electron chi connectivity index (χ3n) is 13.1. The number of urea groups is 1. The molecule has 22 heteroatoms. The van der Waals surface area contributed by atoms with Crippen LogP contribution in [-0.4, -0.2) is 134 Å². The molecule has 0 radical (unpaired) electrons. The number of likely N-dealkylation sites (tertiary alicyclic amines) is 1. The second-order valence-electron chi connectivity index (χ2n) is 19.2. The van der Waals surface area contributed by atoms with Gasteiger partial charge >= 0.3 is 6.03 Å². The molecule has 6 amide bonds. The van der Waals surface area contributed by atoms with Crippen molar-refractivity contribution in [3.63, 3.8) is 0 Å². The number of aromatic nitrogens is 3. The minimum atomic E-state index is -0.872. The van der Waals surface area contributed by atoms with Crippen molar-refractivity contribution in [1.82, 2.24) is 40.7 Å². The molecule has 2 fully saturated rings. The molecule has 0 spiro atoms.